The van der Waals surface area contributed by atoms with Gasteiger partial charge < -0.3 is 10.1 Å². The number of rotatable bonds is 5. The van der Waals surface area contributed by atoms with Crippen molar-refractivity contribution in [3.05, 3.63) is 35.4 Å². The second kappa shape index (κ2) is 8.13. The molecule has 1 N–H and O–H groups in total. The van der Waals surface area contributed by atoms with Gasteiger partial charge in [0.2, 0.25) is 5.91 Å². The Labute approximate surface area is 145 Å². The molecule has 0 spiro atoms. The van der Waals surface area contributed by atoms with Crippen LogP contribution in [0.5, 0.6) is 0 Å². The van der Waals surface area contributed by atoms with Crippen molar-refractivity contribution in [3.8, 4) is 0 Å². The summed E-state index contributed by atoms with van der Waals surface area (Å²) in [5.41, 5.74) is 2.40. The maximum atomic E-state index is 12.5. The number of benzene rings is 1. The average Bonchev–Trinajstić information content (AvgIpc) is 2.63. The molecule has 4 heteroatoms. The van der Waals surface area contributed by atoms with E-state index >= 15 is 0 Å². The highest BCUT2D eigenvalue weighted by Gasteiger charge is 2.39. The molecule has 132 valence electrons. The minimum Gasteiger partial charge on any atom is -0.381 e. The third-order valence-electron chi connectivity index (χ3n) is 5.68. The molecule has 0 radical (unpaired) electrons. The molecular weight excluding hydrogens is 300 g/mol. The van der Waals surface area contributed by atoms with Gasteiger partial charge in [-0.15, -0.1) is 0 Å². The van der Waals surface area contributed by atoms with Crippen molar-refractivity contribution in [2.75, 3.05) is 32.8 Å². The fraction of sp³-hybridized carbons (Fsp3) is 0.650. The lowest BCUT2D eigenvalue weighted by Gasteiger charge is -2.48. The van der Waals surface area contributed by atoms with Gasteiger partial charge in [0.15, 0.2) is 0 Å². The molecule has 0 unspecified atom stereocenters. The number of carbonyl (C=O) groups excluding carboxylic acids is 1. The fourth-order valence-electron chi connectivity index (χ4n) is 4.03. The Hall–Kier alpha value is -1.39. The topological polar surface area (TPSA) is 41.6 Å². The molecule has 4 nitrogen and oxygen atoms in total. The molecule has 1 amide bonds. The quantitative estimate of drug-likeness (QED) is 0.902. The Morgan fingerprint density at radius 1 is 1.17 bits per heavy atom. The molecule has 2 fully saturated rings. The molecule has 2 saturated heterocycles. The van der Waals surface area contributed by atoms with Gasteiger partial charge in [0, 0.05) is 25.3 Å². The van der Waals surface area contributed by atoms with Crippen LogP contribution in [0.3, 0.4) is 0 Å². The number of piperidine rings is 1. The zero-order chi connectivity index (χ0) is 16.8. The van der Waals surface area contributed by atoms with E-state index in [0.29, 0.717) is 6.42 Å². The second-order valence-electron chi connectivity index (χ2n) is 7.26. The van der Waals surface area contributed by atoms with Crippen LogP contribution in [0.2, 0.25) is 0 Å². The van der Waals surface area contributed by atoms with Gasteiger partial charge in [-0.3, -0.25) is 9.69 Å². The summed E-state index contributed by atoms with van der Waals surface area (Å²) in [5, 5.41) is 3.23. The van der Waals surface area contributed by atoms with Crippen LogP contribution in [0.4, 0.5) is 0 Å². The first-order valence-corrected chi connectivity index (χ1v) is 9.34. The third-order valence-corrected chi connectivity index (χ3v) is 5.68. The zero-order valence-electron chi connectivity index (χ0n) is 14.9. The summed E-state index contributed by atoms with van der Waals surface area (Å²) in [7, 11) is 0. The third kappa shape index (κ3) is 4.17. The Morgan fingerprint density at radius 2 is 1.88 bits per heavy atom. The van der Waals surface area contributed by atoms with Gasteiger partial charge in [-0.1, -0.05) is 30.7 Å². The van der Waals surface area contributed by atoms with E-state index in [0.717, 1.165) is 51.3 Å². The number of aryl methyl sites for hydroxylation is 1. The number of hydrogen-bond donors (Lipinski definition) is 1. The molecular formula is C20H30N2O2. The smallest absolute Gasteiger partial charge is 0.224 e. The Bertz CT molecular complexity index is 546. The van der Waals surface area contributed by atoms with Gasteiger partial charge in [-0.05, 0) is 56.8 Å². The van der Waals surface area contributed by atoms with E-state index in [-0.39, 0.29) is 11.4 Å². The van der Waals surface area contributed by atoms with Crippen molar-refractivity contribution in [3.63, 3.8) is 0 Å². The van der Waals surface area contributed by atoms with Crippen molar-refractivity contribution in [2.45, 2.75) is 51.0 Å². The molecule has 1 aromatic carbocycles. The normalized spacial score (nSPS) is 21.4. The zero-order valence-corrected chi connectivity index (χ0v) is 14.9. The molecule has 0 atom stereocenters. The molecule has 2 aliphatic rings. The van der Waals surface area contributed by atoms with Crippen LogP contribution in [0, 0.1) is 6.92 Å². The molecule has 0 bridgehead atoms. The van der Waals surface area contributed by atoms with Gasteiger partial charge in [-0.2, -0.15) is 0 Å². The lowest BCUT2D eigenvalue weighted by Crippen LogP contribution is -2.59. The average molecular weight is 330 g/mol. The van der Waals surface area contributed by atoms with Gasteiger partial charge in [-0.25, -0.2) is 0 Å². The summed E-state index contributed by atoms with van der Waals surface area (Å²) in [6.45, 7) is 6.76. The van der Waals surface area contributed by atoms with Crippen molar-refractivity contribution < 1.29 is 9.53 Å². The predicted molar refractivity (Wildman–Crippen MR) is 96.1 cm³/mol. The van der Waals surface area contributed by atoms with Gasteiger partial charge in [0.1, 0.15) is 0 Å². The molecule has 0 saturated carbocycles. The standard InChI is InChI=1S/C20H30N2O2/c1-17-7-3-4-8-18(17)15-19(23)21-16-20(9-13-24-14-10-20)22-11-5-2-6-12-22/h3-4,7-8H,2,5-6,9-16H2,1H3,(H,21,23). The maximum absolute atomic E-state index is 12.5. The number of likely N-dealkylation sites (tertiary alicyclic amines) is 1. The Kier molecular flexibility index (Phi) is 5.90. The first kappa shape index (κ1) is 17.4. The van der Waals surface area contributed by atoms with Crippen LogP contribution in [-0.4, -0.2) is 49.2 Å². The van der Waals surface area contributed by atoms with Crippen molar-refractivity contribution in [1.82, 2.24) is 10.2 Å². The summed E-state index contributed by atoms with van der Waals surface area (Å²) in [6.07, 6.45) is 6.41. The lowest BCUT2D eigenvalue weighted by molar-refractivity contribution is -0.122. The molecule has 2 aliphatic heterocycles. The highest BCUT2D eigenvalue weighted by atomic mass is 16.5. The van der Waals surface area contributed by atoms with E-state index in [1.54, 1.807) is 0 Å². The molecule has 0 aromatic heterocycles. The summed E-state index contributed by atoms with van der Waals surface area (Å²) < 4.78 is 5.59. The Morgan fingerprint density at radius 3 is 2.58 bits per heavy atom. The molecule has 0 aliphatic carbocycles. The van der Waals surface area contributed by atoms with Crippen LogP contribution >= 0.6 is 0 Å². The van der Waals surface area contributed by atoms with E-state index in [1.807, 2.05) is 18.2 Å². The fourth-order valence-corrected chi connectivity index (χ4v) is 4.03. The van der Waals surface area contributed by atoms with E-state index in [4.69, 9.17) is 4.74 Å². The van der Waals surface area contributed by atoms with Crippen LogP contribution in [-0.2, 0) is 16.0 Å². The first-order chi connectivity index (χ1) is 11.7. The Balaban J connectivity index is 1.60. The van der Waals surface area contributed by atoms with Crippen molar-refractivity contribution >= 4 is 5.91 Å². The number of ether oxygens (including phenoxy) is 1. The molecule has 3 rings (SSSR count). The van der Waals surface area contributed by atoms with Crippen LogP contribution in [0.15, 0.2) is 24.3 Å². The summed E-state index contributed by atoms with van der Waals surface area (Å²) in [5.74, 6) is 0.132. The largest absolute Gasteiger partial charge is 0.381 e. The molecule has 24 heavy (non-hydrogen) atoms. The van der Waals surface area contributed by atoms with E-state index in [9.17, 15) is 4.79 Å². The molecule has 2 heterocycles. The van der Waals surface area contributed by atoms with Gasteiger partial charge in [0.05, 0.1) is 6.42 Å². The molecule has 1 aromatic rings. The number of hydrogen-bond acceptors (Lipinski definition) is 3. The monoisotopic (exact) mass is 330 g/mol. The SMILES string of the molecule is Cc1ccccc1CC(=O)NCC1(N2CCCCC2)CCOCC1. The minimum atomic E-state index is 0.0973. The number of carbonyl (C=O) groups is 1. The first-order valence-electron chi connectivity index (χ1n) is 9.34. The highest BCUT2D eigenvalue weighted by molar-refractivity contribution is 5.79. The van der Waals surface area contributed by atoms with E-state index in [2.05, 4.69) is 23.2 Å². The van der Waals surface area contributed by atoms with Gasteiger partial charge in [0.25, 0.3) is 0 Å². The highest BCUT2D eigenvalue weighted by Crippen LogP contribution is 2.30. The van der Waals surface area contributed by atoms with E-state index in [1.165, 1.54) is 24.8 Å². The predicted octanol–water partition coefficient (Wildman–Crippen LogP) is 2.69. The maximum Gasteiger partial charge on any atom is 0.224 e. The second-order valence-corrected chi connectivity index (χ2v) is 7.26. The van der Waals surface area contributed by atoms with Crippen molar-refractivity contribution in [1.29, 1.82) is 0 Å². The minimum absolute atomic E-state index is 0.0973. The van der Waals surface area contributed by atoms with Crippen LogP contribution in [0.1, 0.15) is 43.2 Å². The van der Waals surface area contributed by atoms with Crippen LogP contribution < -0.4 is 5.32 Å². The number of amides is 1. The van der Waals surface area contributed by atoms with Gasteiger partial charge >= 0.3 is 0 Å². The number of nitrogens with one attached hydrogen (secondary N) is 1. The lowest BCUT2D eigenvalue weighted by atomic mass is 9.86. The summed E-state index contributed by atoms with van der Waals surface area (Å²) in [6, 6.07) is 8.13. The summed E-state index contributed by atoms with van der Waals surface area (Å²) in [4.78, 5) is 15.1. The van der Waals surface area contributed by atoms with E-state index < -0.39 is 0 Å². The number of nitrogens with zero attached hydrogens (tertiary/aromatic N) is 1. The van der Waals surface area contributed by atoms with Crippen molar-refractivity contribution in [2.24, 2.45) is 0 Å². The van der Waals surface area contributed by atoms with Crippen LogP contribution in [0.25, 0.3) is 0 Å². The summed E-state index contributed by atoms with van der Waals surface area (Å²) >= 11 is 0.